The van der Waals surface area contributed by atoms with Crippen LogP contribution in [-0.4, -0.2) is 39.6 Å². The van der Waals surface area contributed by atoms with Crippen LogP contribution in [0.5, 0.6) is 0 Å². The van der Waals surface area contributed by atoms with Crippen molar-refractivity contribution < 1.29 is 18.9 Å². The second-order valence-corrected chi connectivity index (χ2v) is 6.85. The molecule has 0 radical (unpaired) electrons. The van der Waals surface area contributed by atoms with Crippen LogP contribution in [0.4, 0.5) is 0 Å². The van der Waals surface area contributed by atoms with E-state index in [1.54, 1.807) is 0 Å². The molecule has 4 heteroatoms. The summed E-state index contributed by atoms with van der Waals surface area (Å²) in [5.41, 5.74) is 4.49. The number of ether oxygens (including phenoxy) is 4. The monoisotopic (exact) mass is 390 g/mol. The van der Waals surface area contributed by atoms with Crippen LogP contribution in [-0.2, 0) is 18.9 Å². The highest BCUT2D eigenvalue weighted by Gasteiger charge is 2.00. The zero-order chi connectivity index (χ0) is 20.5. The molecule has 1 aromatic carbocycles. The lowest BCUT2D eigenvalue weighted by Gasteiger charge is -2.08. The molecule has 0 aliphatic carbocycles. The smallest absolute Gasteiger partial charge is 0.111 e. The Balaban J connectivity index is 2.34. The van der Waals surface area contributed by atoms with E-state index >= 15 is 0 Å². The molecular formula is C24H38O4. The number of unbranched alkanes of at least 4 members (excludes halogenated alkanes) is 2. The molecule has 1 aromatic rings. The van der Waals surface area contributed by atoms with Crippen LogP contribution >= 0.6 is 0 Å². The summed E-state index contributed by atoms with van der Waals surface area (Å²) in [5.74, 6) is 0. The molecule has 0 heterocycles. The van der Waals surface area contributed by atoms with Gasteiger partial charge in [-0.3, -0.25) is 0 Å². The van der Waals surface area contributed by atoms with E-state index in [1.165, 1.54) is 0 Å². The first-order chi connectivity index (χ1) is 13.7. The fraction of sp³-hybridized carbons (Fsp3) is 0.583. The van der Waals surface area contributed by atoms with E-state index in [1.807, 2.05) is 12.5 Å². The van der Waals surface area contributed by atoms with Crippen molar-refractivity contribution in [3.63, 3.8) is 0 Å². The maximum absolute atomic E-state index is 5.58. The highest BCUT2D eigenvalue weighted by Crippen LogP contribution is 2.19. The minimum atomic E-state index is 0.584. The molecule has 0 N–H and O–H groups in total. The molecule has 0 unspecified atom stereocenters. The molecule has 28 heavy (non-hydrogen) atoms. The molecule has 0 saturated heterocycles. The molecule has 0 aliphatic rings. The fourth-order valence-corrected chi connectivity index (χ4v) is 2.41. The van der Waals surface area contributed by atoms with Crippen molar-refractivity contribution in [2.24, 2.45) is 0 Å². The number of rotatable bonds is 16. The quantitative estimate of drug-likeness (QED) is 0.253. The average molecular weight is 391 g/mol. The van der Waals surface area contributed by atoms with E-state index < -0.39 is 0 Å². The van der Waals surface area contributed by atoms with E-state index in [9.17, 15) is 0 Å². The van der Waals surface area contributed by atoms with Crippen molar-refractivity contribution >= 4 is 11.1 Å². The minimum absolute atomic E-state index is 0.584. The highest BCUT2D eigenvalue weighted by molar-refractivity contribution is 5.68. The SMILES string of the molecule is CCCCOCCO/C=C(\C)c1ccc(/C(C)=C/OCCOCCCC)cc1. The highest BCUT2D eigenvalue weighted by atomic mass is 16.5. The Kier molecular flexibility index (Phi) is 14.0. The maximum Gasteiger partial charge on any atom is 0.111 e. The van der Waals surface area contributed by atoms with Crippen molar-refractivity contribution in [2.45, 2.75) is 53.4 Å². The predicted octanol–water partition coefficient (Wildman–Crippen LogP) is 6.07. The standard InChI is InChI=1S/C24H38O4/c1-5-7-13-25-15-17-27-19-21(3)23-9-11-24(12-10-23)22(4)20-28-18-16-26-14-8-6-2/h9-12,19-20H,5-8,13-18H2,1-4H3/b21-19+,22-20+. The molecular weight excluding hydrogens is 352 g/mol. The topological polar surface area (TPSA) is 36.9 Å². The number of hydrogen-bond donors (Lipinski definition) is 0. The maximum atomic E-state index is 5.58. The van der Waals surface area contributed by atoms with E-state index in [-0.39, 0.29) is 0 Å². The van der Waals surface area contributed by atoms with Crippen molar-refractivity contribution in [3.8, 4) is 0 Å². The van der Waals surface area contributed by atoms with E-state index in [0.29, 0.717) is 26.4 Å². The van der Waals surface area contributed by atoms with Gasteiger partial charge in [0.2, 0.25) is 0 Å². The molecule has 1 rings (SSSR count). The number of hydrogen-bond acceptors (Lipinski definition) is 4. The molecule has 0 amide bonds. The van der Waals surface area contributed by atoms with Gasteiger partial charge in [0.05, 0.1) is 25.7 Å². The van der Waals surface area contributed by atoms with E-state index in [0.717, 1.165) is 61.2 Å². The molecule has 0 fully saturated rings. The second kappa shape index (κ2) is 16.2. The third-order valence-electron chi connectivity index (χ3n) is 4.29. The summed E-state index contributed by atoms with van der Waals surface area (Å²) in [6, 6.07) is 8.42. The van der Waals surface area contributed by atoms with Crippen LogP contribution in [0.3, 0.4) is 0 Å². The van der Waals surface area contributed by atoms with Gasteiger partial charge in [-0.25, -0.2) is 0 Å². The van der Waals surface area contributed by atoms with Gasteiger partial charge in [-0.1, -0.05) is 51.0 Å². The Bertz CT molecular complexity index is 509. The van der Waals surface area contributed by atoms with Gasteiger partial charge in [0, 0.05) is 13.2 Å². The van der Waals surface area contributed by atoms with E-state index in [2.05, 4.69) is 52.0 Å². The van der Waals surface area contributed by atoms with Crippen LogP contribution in [0.25, 0.3) is 11.1 Å². The summed E-state index contributed by atoms with van der Waals surface area (Å²) in [6.07, 6.45) is 8.14. The third-order valence-corrected chi connectivity index (χ3v) is 4.29. The molecule has 0 atom stereocenters. The van der Waals surface area contributed by atoms with Gasteiger partial charge in [0.1, 0.15) is 13.2 Å². The predicted molar refractivity (Wildman–Crippen MR) is 117 cm³/mol. The summed E-state index contributed by atoms with van der Waals surface area (Å²) in [4.78, 5) is 0. The van der Waals surface area contributed by atoms with Crippen LogP contribution in [0.1, 0.15) is 64.5 Å². The lowest BCUT2D eigenvalue weighted by Crippen LogP contribution is -2.02. The Labute approximate surface area is 171 Å². The summed E-state index contributed by atoms with van der Waals surface area (Å²) in [5, 5.41) is 0. The van der Waals surface area contributed by atoms with Gasteiger partial charge in [-0.15, -0.1) is 0 Å². The van der Waals surface area contributed by atoms with Crippen LogP contribution in [0.15, 0.2) is 36.8 Å². The van der Waals surface area contributed by atoms with Gasteiger partial charge in [0.25, 0.3) is 0 Å². The van der Waals surface area contributed by atoms with Crippen LogP contribution in [0, 0.1) is 0 Å². The first kappa shape index (κ1) is 24.3. The zero-order valence-corrected chi connectivity index (χ0v) is 18.2. The minimum Gasteiger partial charge on any atom is -0.498 e. The summed E-state index contributed by atoms with van der Waals surface area (Å²) >= 11 is 0. The Morgan fingerprint density at radius 3 is 1.39 bits per heavy atom. The van der Waals surface area contributed by atoms with Crippen molar-refractivity contribution in [2.75, 3.05) is 39.6 Å². The normalized spacial score (nSPS) is 12.3. The molecule has 0 saturated carbocycles. The zero-order valence-electron chi connectivity index (χ0n) is 18.2. The van der Waals surface area contributed by atoms with Crippen molar-refractivity contribution in [3.05, 3.63) is 47.9 Å². The van der Waals surface area contributed by atoms with Gasteiger partial charge in [0.15, 0.2) is 0 Å². The molecule has 4 nitrogen and oxygen atoms in total. The largest absolute Gasteiger partial charge is 0.498 e. The Morgan fingerprint density at radius 2 is 1.04 bits per heavy atom. The van der Waals surface area contributed by atoms with Crippen LogP contribution < -0.4 is 0 Å². The summed E-state index contributed by atoms with van der Waals surface area (Å²) in [7, 11) is 0. The molecule has 0 bridgehead atoms. The fourth-order valence-electron chi connectivity index (χ4n) is 2.41. The van der Waals surface area contributed by atoms with Gasteiger partial charge in [-0.2, -0.15) is 0 Å². The average Bonchev–Trinajstić information content (AvgIpc) is 2.72. The first-order valence-electron chi connectivity index (χ1n) is 10.5. The summed E-state index contributed by atoms with van der Waals surface area (Å²) in [6.45, 7) is 12.5. The second-order valence-electron chi connectivity index (χ2n) is 6.85. The van der Waals surface area contributed by atoms with Gasteiger partial charge < -0.3 is 18.9 Å². The van der Waals surface area contributed by atoms with Crippen LogP contribution in [0.2, 0.25) is 0 Å². The van der Waals surface area contributed by atoms with Gasteiger partial charge >= 0.3 is 0 Å². The Morgan fingerprint density at radius 1 is 0.643 bits per heavy atom. The first-order valence-corrected chi connectivity index (χ1v) is 10.5. The van der Waals surface area contributed by atoms with E-state index in [4.69, 9.17) is 18.9 Å². The molecule has 0 spiro atoms. The van der Waals surface area contributed by atoms with Gasteiger partial charge in [-0.05, 0) is 49.0 Å². The number of allylic oxidation sites excluding steroid dienone is 2. The number of benzene rings is 1. The molecule has 0 aliphatic heterocycles. The lowest BCUT2D eigenvalue weighted by atomic mass is 10.0. The summed E-state index contributed by atoms with van der Waals surface area (Å²) < 4.78 is 22.1. The Hall–Kier alpha value is -1.78. The third kappa shape index (κ3) is 11.2. The van der Waals surface area contributed by atoms with Crippen molar-refractivity contribution in [1.29, 1.82) is 0 Å². The molecule has 0 aromatic heterocycles. The lowest BCUT2D eigenvalue weighted by molar-refractivity contribution is 0.0834. The molecule has 158 valence electrons. The van der Waals surface area contributed by atoms with Crippen molar-refractivity contribution in [1.82, 2.24) is 0 Å².